The van der Waals surface area contributed by atoms with Crippen LogP contribution in [-0.4, -0.2) is 29.7 Å². The van der Waals surface area contributed by atoms with Crippen molar-refractivity contribution in [2.75, 3.05) is 5.73 Å². The zero-order valence-corrected chi connectivity index (χ0v) is 18.7. The quantitative estimate of drug-likeness (QED) is 0.344. The molecule has 4 N–H and O–H groups in total. The fourth-order valence-corrected chi connectivity index (χ4v) is 4.37. The number of nitrogens with zero attached hydrogens (tertiary/aromatic N) is 5. The smallest absolute Gasteiger partial charge is 0.344 e. The number of aromatic nitrogens is 7. The molecule has 0 amide bonds. The van der Waals surface area contributed by atoms with Crippen LogP contribution in [0.4, 0.5) is 10.3 Å². The Hall–Kier alpha value is -4.86. The van der Waals surface area contributed by atoms with Gasteiger partial charge in [-0.2, -0.15) is 4.68 Å². The number of nitrogen functional groups attached to an aromatic ring is 1. The topological polar surface area (TPSA) is 122 Å². The maximum absolute atomic E-state index is 13.3. The van der Waals surface area contributed by atoms with E-state index in [1.54, 1.807) is 6.33 Å². The fourth-order valence-electron chi connectivity index (χ4n) is 4.37. The molecule has 9 nitrogen and oxygen atoms in total. The summed E-state index contributed by atoms with van der Waals surface area (Å²) in [5, 5.41) is 3.19. The molecular weight excluding hydrogens is 447 g/mol. The van der Waals surface area contributed by atoms with Gasteiger partial charge in [0.05, 0.1) is 34.8 Å². The molecule has 0 spiro atoms. The Morgan fingerprint density at radius 2 is 1.91 bits per heavy atom. The van der Waals surface area contributed by atoms with Crippen LogP contribution < -0.4 is 15.8 Å². The van der Waals surface area contributed by atoms with Gasteiger partial charge in [0, 0.05) is 5.56 Å². The highest BCUT2D eigenvalue weighted by Crippen LogP contribution is 2.34. The highest BCUT2D eigenvalue weighted by molar-refractivity contribution is 5.93. The SMILES string of the molecule is Cc1cc(-c2c(-c3ccccc3)nc(N)[n+]3c(=O)n(Cc4ccc(F)cn4)[nH]c23)cc2nc[nH]c12. The van der Waals surface area contributed by atoms with Crippen LogP contribution in [0, 0.1) is 12.7 Å². The second-order valence-electron chi connectivity index (χ2n) is 8.28. The lowest BCUT2D eigenvalue weighted by molar-refractivity contribution is -0.516. The number of benzene rings is 2. The summed E-state index contributed by atoms with van der Waals surface area (Å²) in [5.41, 5.74) is 12.7. The summed E-state index contributed by atoms with van der Waals surface area (Å²) in [6.45, 7) is 2.10. The predicted molar refractivity (Wildman–Crippen MR) is 129 cm³/mol. The fraction of sp³-hybridized carbons (Fsp3) is 0.0800. The number of anilines is 1. The first kappa shape index (κ1) is 20.7. The third-order valence-corrected chi connectivity index (χ3v) is 5.99. The number of aryl methyl sites for hydroxylation is 1. The number of halogens is 1. The van der Waals surface area contributed by atoms with Crippen molar-refractivity contribution >= 4 is 22.6 Å². The van der Waals surface area contributed by atoms with Crippen LogP contribution in [0.1, 0.15) is 11.3 Å². The maximum Gasteiger partial charge on any atom is 0.428 e. The molecule has 0 radical (unpaired) electrons. The van der Waals surface area contributed by atoms with E-state index in [-0.39, 0.29) is 12.5 Å². The summed E-state index contributed by atoms with van der Waals surface area (Å²) in [6, 6.07) is 16.5. The molecule has 172 valence electrons. The largest absolute Gasteiger partial charge is 0.428 e. The molecule has 2 aromatic carbocycles. The summed E-state index contributed by atoms with van der Waals surface area (Å²) in [4.78, 5) is 29.7. The molecule has 0 unspecified atom stereocenters. The zero-order chi connectivity index (χ0) is 24.1. The first-order valence-corrected chi connectivity index (χ1v) is 10.9. The second-order valence-corrected chi connectivity index (χ2v) is 8.28. The number of pyridine rings is 1. The number of hydrogen-bond donors (Lipinski definition) is 3. The van der Waals surface area contributed by atoms with Crippen LogP contribution in [0.2, 0.25) is 0 Å². The van der Waals surface area contributed by atoms with Gasteiger partial charge in [-0.1, -0.05) is 30.3 Å². The minimum Gasteiger partial charge on any atom is -0.344 e. The molecule has 0 saturated carbocycles. The minimum atomic E-state index is -0.445. The molecule has 10 heteroatoms. The van der Waals surface area contributed by atoms with Crippen molar-refractivity contribution < 1.29 is 8.79 Å². The van der Waals surface area contributed by atoms with E-state index in [1.165, 1.54) is 21.2 Å². The molecule has 6 rings (SSSR count). The Morgan fingerprint density at radius 3 is 2.69 bits per heavy atom. The van der Waals surface area contributed by atoms with E-state index in [4.69, 9.17) is 5.73 Å². The highest BCUT2D eigenvalue weighted by Gasteiger charge is 2.26. The van der Waals surface area contributed by atoms with E-state index >= 15 is 0 Å². The third kappa shape index (κ3) is 3.43. The number of nitrogens with one attached hydrogen (secondary N) is 2. The van der Waals surface area contributed by atoms with Crippen LogP contribution in [0.3, 0.4) is 0 Å². The van der Waals surface area contributed by atoms with Gasteiger partial charge < -0.3 is 10.7 Å². The van der Waals surface area contributed by atoms with Crippen molar-refractivity contribution in [3.63, 3.8) is 0 Å². The number of hydrogen-bond acceptors (Lipinski definition) is 5. The molecule has 35 heavy (non-hydrogen) atoms. The van der Waals surface area contributed by atoms with Gasteiger partial charge in [0.25, 0.3) is 0 Å². The van der Waals surface area contributed by atoms with E-state index < -0.39 is 11.5 Å². The van der Waals surface area contributed by atoms with Crippen LogP contribution in [0.5, 0.6) is 0 Å². The van der Waals surface area contributed by atoms with Crippen molar-refractivity contribution in [3.05, 3.63) is 94.7 Å². The van der Waals surface area contributed by atoms with Crippen LogP contribution in [-0.2, 0) is 6.54 Å². The number of aromatic amines is 2. The van der Waals surface area contributed by atoms with Gasteiger partial charge >= 0.3 is 11.6 Å². The van der Waals surface area contributed by atoms with Crippen molar-refractivity contribution in [2.24, 2.45) is 0 Å². The van der Waals surface area contributed by atoms with Gasteiger partial charge in [-0.05, 0) is 42.3 Å². The first-order valence-electron chi connectivity index (χ1n) is 10.9. The van der Waals surface area contributed by atoms with Crippen LogP contribution in [0.15, 0.2) is 71.9 Å². The number of H-pyrrole nitrogens is 2. The molecule has 0 aliphatic rings. The number of fused-ring (bicyclic) bond motifs is 2. The summed E-state index contributed by atoms with van der Waals surface area (Å²) < 4.78 is 16.0. The molecule has 6 aromatic rings. The van der Waals surface area contributed by atoms with Crippen molar-refractivity contribution in [3.8, 4) is 22.4 Å². The Balaban J connectivity index is 1.65. The zero-order valence-electron chi connectivity index (χ0n) is 18.7. The van der Waals surface area contributed by atoms with E-state index in [0.717, 1.165) is 33.9 Å². The van der Waals surface area contributed by atoms with E-state index in [0.29, 0.717) is 22.6 Å². The maximum atomic E-state index is 13.3. The van der Waals surface area contributed by atoms with Gasteiger partial charge in [-0.3, -0.25) is 4.98 Å². The lowest BCUT2D eigenvalue weighted by Crippen LogP contribution is -2.44. The average molecular weight is 467 g/mol. The molecule has 0 bridgehead atoms. The molecular formula is C25H20FN8O+. The summed E-state index contributed by atoms with van der Waals surface area (Å²) in [6.07, 6.45) is 2.77. The Bertz CT molecular complexity index is 1770. The molecule has 4 heterocycles. The third-order valence-electron chi connectivity index (χ3n) is 5.99. The standard InChI is InChI=1S/C25H19FN8O/c1-14-9-16(10-19-21(14)30-13-29-19)20-22(15-5-3-2-4-6-15)31-24(27)34-23(20)32-33(25(34)35)12-18-8-7-17(26)11-28-18/h2-11,13H,12H2,1H3,(H3,27,29,30,31,32)/p+1. The Labute approximate surface area is 197 Å². The van der Waals surface area contributed by atoms with Gasteiger partial charge in [0.2, 0.25) is 5.65 Å². The van der Waals surface area contributed by atoms with Crippen molar-refractivity contribution in [2.45, 2.75) is 13.5 Å². The van der Waals surface area contributed by atoms with Crippen LogP contribution >= 0.6 is 0 Å². The lowest BCUT2D eigenvalue weighted by atomic mass is 9.98. The Morgan fingerprint density at radius 1 is 1.09 bits per heavy atom. The van der Waals surface area contributed by atoms with Gasteiger partial charge in [0.15, 0.2) is 0 Å². The minimum absolute atomic E-state index is 0.0484. The van der Waals surface area contributed by atoms with E-state index in [1.807, 2.05) is 49.4 Å². The predicted octanol–water partition coefficient (Wildman–Crippen LogP) is 2.99. The monoisotopic (exact) mass is 467 g/mol. The second kappa shape index (κ2) is 7.87. The van der Waals surface area contributed by atoms with Crippen molar-refractivity contribution in [1.29, 1.82) is 0 Å². The average Bonchev–Trinajstić information content (AvgIpc) is 3.46. The van der Waals surface area contributed by atoms with Crippen molar-refractivity contribution in [1.82, 2.24) is 29.7 Å². The summed E-state index contributed by atoms with van der Waals surface area (Å²) in [7, 11) is 0. The van der Waals surface area contributed by atoms with Gasteiger partial charge in [-0.25, -0.2) is 19.3 Å². The Kier molecular flexibility index (Phi) is 4.66. The van der Waals surface area contributed by atoms with Gasteiger partial charge in [0.1, 0.15) is 18.1 Å². The number of nitrogens with two attached hydrogens (primary N) is 1. The number of rotatable bonds is 4. The molecule has 0 saturated heterocycles. The van der Waals surface area contributed by atoms with E-state index in [9.17, 15) is 9.18 Å². The van der Waals surface area contributed by atoms with Crippen LogP contribution in [0.25, 0.3) is 39.1 Å². The molecule has 0 aliphatic carbocycles. The summed E-state index contributed by atoms with van der Waals surface area (Å²) >= 11 is 0. The first-order chi connectivity index (χ1) is 17.0. The molecule has 4 aromatic heterocycles. The lowest BCUT2D eigenvalue weighted by Gasteiger charge is -2.10. The highest BCUT2D eigenvalue weighted by atomic mass is 19.1. The molecule has 0 fully saturated rings. The normalized spacial score (nSPS) is 11.5. The van der Waals surface area contributed by atoms with E-state index in [2.05, 4.69) is 25.0 Å². The van der Waals surface area contributed by atoms with Gasteiger partial charge in [-0.15, -0.1) is 9.38 Å². The number of imidazole rings is 1. The summed E-state index contributed by atoms with van der Waals surface area (Å²) in [5.74, 6) is -0.397. The molecule has 0 atom stereocenters. The molecule has 0 aliphatic heterocycles.